The Morgan fingerprint density at radius 1 is 1.53 bits per heavy atom. The third-order valence-electron chi connectivity index (χ3n) is 3.02. The van der Waals surface area contributed by atoms with Crippen LogP contribution in [0.15, 0.2) is 18.2 Å². The Hall–Kier alpha value is -1.35. The monoisotopic (exact) mass is 205 g/mol. The highest BCUT2D eigenvalue weighted by molar-refractivity contribution is 5.89. The van der Waals surface area contributed by atoms with Gasteiger partial charge in [0.05, 0.1) is 5.56 Å². The minimum Gasteiger partial charge on any atom is -0.478 e. The number of fused-ring (bicyclic) bond motifs is 1. The van der Waals surface area contributed by atoms with E-state index >= 15 is 0 Å². The number of rotatable bonds is 2. The maximum Gasteiger partial charge on any atom is 0.335 e. The molecule has 2 rings (SSSR count). The molecule has 0 radical (unpaired) electrons. The zero-order valence-electron chi connectivity index (χ0n) is 8.86. The third-order valence-corrected chi connectivity index (χ3v) is 3.02. The maximum absolute atomic E-state index is 11.0. The fraction of sp³-hybridized carbons (Fsp3) is 0.417. The van der Waals surface area contributed by atoms with Gasteiger partial charge in [0.2, 0.25) is 0 Å². The number of carbonyl (C=O) groups is 1. The maximum atomic E-state index is 11.0. The zero-order valence-corrected chi connectivity index (χ0v) is 8.86. The van der Waals surface area contributed by atoms with Crippen LogP contribution in [-0.4, -0.2) is 29.1 Å². The highest BCUT2D eigenvalue weighted by Gasteiger charge is 2.19. The predicted octanol–water partition coefficient (Wildman–Crippen LogP) is 1.76. The molecular formula is C12H15NO2. The van der Waals surface area contributed by atoms with E-state index in [1.807, 2.05) is 12.1 Å². The molecule has 1 heterocycles. The van der Waals surface area contributed by atoms with Gasteiger partial charge in [0, 0.05) is 13.1 Å². The number of carboxylic acid groups (broad SMARTS) is 1. The summed E-state index contributed by atoms with van der Waals surface area (Å²) >= 11 is 0. The fourth-order valence-corrected chi connectivity index (χ4v) is 2.14. The van der Waals surface area contributed by atoms with Crippen LogP contribution in [0.2, 0.25) is 0 Å². The van der Waals surface area contributed by atoms with Gasteiger partial charge in [0.15, 0.2) is 0 Å². The minimum atomic E-state index is -0.809. The van der Waals surface area contributed by atoms with Crippen LogP contribution >= 0.6 is 0 Å². The first kappa shape index (κ1) is 10.2. The summed E-state index contributed by atoms with van der Waals surface area (Å²) in [6.07, 6.45) is 0.853. The zero-order chi connectivity index (χ0) is 10.8. The van der Waals surface area contributed by atoms with Crippen LogP contribution in [-0.2, 0) is 13.0 Å². The Morgan fingerprint density at radius 2 is 2.33 bits per heavy atom. The first-order valence-corrected chi connectivity index (χ1v) is 5.28. The summed E-state index contributed by atoms with van der Waals surface area (Å²) in [6.45, 7) is 5.00. The Bertz CT molecular complexity index is 387. The van der Waals surface area contributed by atoms with E-state index in [2.05, 4.69) is 11.8 Å². The summed E-state index contributed by atoms with van der Waals surface area (Å²) in [4.78, 5) is 13.3. The Kier molecular flexibility index (Phi) is 2.73. The number of nitrogens with zero attached hydrogens (tertiary/aromatic N) is 1. The summed E-state index contributed by atoms with van der Waals surface area (Å²) in [5.74, 6) is -0.809. The average Bonchev–Trinajstić information content (AvgIpc) is 2.27. The van der Waals surface area contributed by atoms with Crippen molar-refractivity contribution < 1.29 is 9.90 Å². The second-order valence-electron chi connectivity index (χ2n) is 3.87. The summed E-state index contributed by atoms with van der Waals surface area (Å²) in [5, 5.41) is 9.05. The summed E-state index contributed by atoms with van der Waals surface area (Å²) < 4.78 is 0. The number of likely N-dealkylation sites (N-methyl/N-ethyl adjacent to an activating group) is 1. The third kappa shape index (κ3) is 1.88. The van der Waals surface area contributed by atoms with Crippen molar-refractivity contribution in [2.75, 3.05) is 13.1 Å². The van der Waals surface area contributed by atoms with E-state index < -0.39 is 5.97 Å². The highest BCUT2D eigenvalue weighted by Crippen LogP contribution is 2.22. The molecule has 1 aliphatic heterocycles. The van der Waals surface area contributed by atoms with Gasteiger partial charge in [-0.2, -0.15) is 0 Å². The molecule has 0 aliphatic carbocycles. The van der Waals surface area contributed by atoms with Gasteiger partial charge in [-0.15, -0.1) is 0 Å². The number of hydrogen-bond donors (Lipinski definition) is 1. The molecule has 1 N–H and O–H groups in total. The van der Waals surface area contributed by atoms with E-state index in [1.165, 1.54) is 5.56 Å². The summed E-state index contributed by atoms with van der Waals surface area (Å²) in [7, 11) is 0. The highest BCUT2D eigenvalue weighted by atomic mass is 16.4. The van der Waals surface area contributed by atoms with Crippen molar-refractivity contribution in [1.29, 1.82) is 0 Å². The number of hydrogen-bond acceptors (Lipinski definition) is 2. The molecule has 1 aromatic rings. The summed E-state index contributed by atoms with van der Waals surface area (Å²) in [6, 6.07) is 5.56. The van der Waals surface area contributed by atoms with Gasteiger partial charge in [-0.05, 0) is 30.2 Å². The first-order valence-electron chi connectivity index (χ1n) is 5.28. The largest absolute Gasteiger partial charge is 0.478 e. The molecule has 0 atom stereocenters. The van der Waals surface area contributed by atoms with Gasteiger partial charge < -0.3 is 5.11 Å². The normalized spacial score (nSPS) is 16.1. The van der Waals surface area contributed by atoms with Crippen molar-refractivity contribution in [2.24, 2.45) is 0 Å². The van der Waals surface area contributed by atoms with Gasteiger partial charge in [-0.1, -0.05) is 19.1 Å². The molecule has 1 aromatic carbocycles. The lowest BCUT2D eigenvalue weighted by atomic mass is 9.94. The van der Waals surface area contributed by atoms with Crippen LogP contribution in [0.5, 0.6) is 0 Å². The fourth-order valence-electron chi connectivity index (χ4n) is 2.14. The van der Waals surface area contributed by atoms with Gasteiger partial charge in [-0.25, -0.2) is 4.79 Å². The molecule has 0 saturated heterocycles. The molecule has 0 unspecified atom stereocenters. The molecule has 3 nitrogen and oxygen atoms in total. The Balaban J connectivity index is 2.37. The Labute approximate surface area is 89.3 Å². The van der Waals surface area contributed by atoms with Crippen LogP contribution in [0.4, 0.5) is 0 Å². The molecule has 0 aromatic heterocycles. The van der Waals surface area contributed by atoms with Crippen molar-refractivity contribution in [3.8, 4) is 0 Å². The van der Waals surface area contributed by atoms with Crippen LogP contribution in [0, 0.1) is 0 Å². The van der Waals surface area contributed by atoms with Gasteiger partial charge in [-0.3, -0.25) is 4.90 Å². The molecule has 1 aliphatic rings. The van der Waals surface area contributed by atoms with Crippen molar-refractivity contribution in [2.45, 2.75) is 19.9 Å². The molecule has 0 amide bonds. The summed E-state index contributed by atoms with van der Waals surface area (Å²) in [5.41, 5.74) is 2.67. The van der Waals surface area contributed by atoms with Crippen LogP contribution in [0.25, 0.3) is 0 Å². The van der Waals surface area contributed by atoms with E-state index in [0.29, 0.717) is 5.56 Å². The van der Waals surface area contributed by atoms with Crippen LogP contribution in [0.1, 0.15) is 28.4 Å². The van der Waals surface area contributed by atoms with Crippen LogP contribution < -0.4 is 0 Å². The number of carboxylic acids is 1. The lowest BCUT2D eigenvalue weighted by molar-refractivity contribution is 0.0694. The van der Waals surface area contributed by atoms with Gasteiger partial charge in [0.1, 0.15) is 0 Å². The van der Waals surface area contributed by atoms with Crippen molar-refractivity contribution in [3.05, 3.63) is 34.9 Å². The molecule has 0 bridgehead atoms. The first-order chi connectivity index (χ1) is 7.22. The van der Waals surface area contributed by atoms with E-state index in [4.69, 9.17) is 5.11 Å². The van der Waals surface area contributed by atoms with Gasteiger partial charge >= 0.3 is 5.97 Å². The van der Waals surface area contributed by atoms with E-state index in [0.717, 1.165) is 31.6 Å². The minimum absolute atomic E-state index is 0.475. The van der Waals surface area contributed by atoms with Crippen molar-refractivity contribution >= 4 is 5.97 Å². The molecule has 0 spiro atoms. The van der Waals surface area contributed by atoms with Crippen LogP contribution in [0.3, 0.4) is 0 Å². The van der Waals surface area contributed by atoms with Crippen molar-refractivity contribution in [1.82, 2.24) is 4.90 Å². The molecule has 3 heteroatoms. The second kappa shape index (κ2) is 4.03. The van der Waals surface area contributed by atoms with E-state index in [9.17, 15) is 4.79 Å². The lowest BCUT2D eigenvalue weighted by Crippen LogP contribution is -2.31. The predicted molar refractivity (Wildman–Crippen MR) is 58.1 cm³/mol. The molecular weight excluding hydrogens is 190 g/mol. The standard InChI is InChI=1S/C12H15NO2/c1-2-13-7-6-10-9(8-13)4-3-5-11(10)12(14)15/h3-5H,2,6-8H2,1H3,(H,14,15). The van der Waals surface area contributed by atoms with E-state index in [1.54, 1.807) is 6.07 Å². The number of benzene rings is 1. The van der Waals surface area contributed by atoms with Gasteiger partial charge in [0.25, 0.3) is 0 Å². The molecule has 80 valence electrons. The smallest absolute Gasteiger partial charge is 0.335 e. The SMILES string of the molecule is CCN1CCc2c(cccc2C(=O)O)C1. The lowest BCUT2D eigenvalue weighted by Gasteiger charge is -2.28. The molecule has 0 fully saturated rings. The second-order valence-corrected chi connectivity index (χ2v) is 3.87. The molecule has 0 saturated carbocycles. The molecule has 15 heavy (non-hydrogen) atoms. The van der Waals surface area contributed by atoms with Crippen molar-refractivity contribution in [3.63, 3.8) is 0 Å². The quantitative estimate of drug-likeness (QED) is 0.799. The average molecular weight is 205 g/mol. The Morgan fingerprint density at radius 3 is 3.00 bits per heavy atom. The number of aromatic carboxylic acids is 1. The van der Waals surface area contributed by atoms with E-state index in [-0.39, 0.29) is 0 Å². The topological polar surface area (TPSA) is 40.5 Å².